The van der Waals surface area contributed by atoms with Crippen LogP contribution in [0.5, 0.6) is 0 Å². The van der Waals surface area contributed by atoms with Crippen molar-refractivity contribution in [3.8, 4) is 0 Å². The summed E-state index contributed by atoms with van der Waals surface area (Å²) in [5.41, 5.74) is 6.98. The van der Waals surface area contributed by atoms with Crippen molar-refractivity contribution in [2.24, 2.45) is 5.73 Å². The highest BCUT2D eigenvalue weighted by Crippen LogP contribution is 2.23. The van der Waals surface area contributed by atoms with Crippen LogP contribution in [-0.2, 0) is 6.54 Å². The molecular formula is C13H20ClN3O. The maximum Gasteiger partial charge on any atom is 0.253 e. The standard InChI is InChI=1S/C13H19N3O.ClH/c1-16(12-4-2-3-5-12)13(17)10-6-7-15-11(8-10)9-14;/h6-8,12H,2-5,9,14H2,1H3;1H. The van der Waals surface area contributed by atoms with E-state index in [1.165, 1.54) is 12.8 Å². The molecule has 2 N–H and O–H groups in total. The molecule has 1 amide bonds. The summed E-state index contributed by atoms with van der Waals surface area (Å²) in [5.74, 6) is 0.0778. The summed E-state index contributed by atoms with van der Waals surface area (Å²) < 4.78 is 0. The van der Waals surface area contributed by atoms with Gasteiger partial charge in [0, 0.05) is 31.4 Å². The monoisotopic (exact) mass is 269 g/mol. The number of hydrogen-bond acceptors (Lipinski definition) is 3. The molecule has 18 heavy (non-hydrogen) atoms. The number of nitrogens with zero attached hydrogens (tertiary/aromatic N) is 2. The molecule has 0 atom stereocenters. The molecule has 0 spiro atoms. The van der Waals surface area contributed by atoms with Crippen LogP contribution in [0, 0.1) is 0 Å². The Labute approximate surface area is 114 Å². The zero-order chi connectivity index (χ0) is 12.3. The summed E-state index contributed by atoms with van der Waals surface area (Å²) >= 11 is 0. The summed E-state index contributed by atoms with van der Waals surface area (Å²) in [6.07, 6.45) is 6.35. The number of halogens is 1. The quantitative estimate of drug-likeness (QED) is 0.913. The smallest absolute Gasteiger partial charge is 0.253 e. The van der Waals surface area contributed by atoms with Crippen molar-refractivity contribution >= 4 is 18.3 Å². The van der Waals surface area contributed by atoms with Gasteiger partial charge in [0.05, 0.1) is 5.69 Å². The first-order valence-corrected chi connectivity index (χ1v) is 6.14. The summed E-state index contributed by atoms with van der Waals surface area (Å²) in [7, 11) is 1.89. The summed E-state index contributed by atoms with van der Waals surface area (Å²) in [5, 5.41) is 0. The maximum absolute atomic E-state index is 12.3. The van der Waals surface area contributed by atoms with Gasteiger partial charge in [-0.05, 0) is 25.0 Å². The highest BCUT2D eigenvalue weighted by Gasteiger charge is 2.24. The average molecular weight is 270 g/mol. The Morgan fingerprint density at radius 3 is 2.78 bits per heavy atom. The van der Waals surface area contributed by atoms with Gasteiger partial charge in [-0.2, -0.15) is 0 Å². The van der Waals surface area contributed by atoms with E-state index < -0.39 is 0 Å². The molecule has 1 fully saturated rings. The van der Waals surface area contributed by atoms with Gasteiger partial charge < -0.3 is 10.6 Å². The van der Waals surface area contributed by atoms with E-state index in [0.29, 0.717) is 18.2 Å². The number of carbonyl (C=O) groups is 1. The maximum atomic E-state index is 12.3. The largest absolute Gasteiger partial charge is 0.339 e. The second-order valence-electron chi connectivity index (χ2n) is 4.59. The minimum absolute atomic E-state index is 0. The van der Waals surface area contributed by atoms with Gasteiger partial charge in [-0.15, -0.1) is 12.4 Å². The Hall–Kier alpha value is -1.13. The van der Waals surface area contributed by atoms with Crippen LogP contribution in [0.25, 0.3) is 0 Å². The average Bonchev–Trinajstić information content (AvgIpc) is 2.91. The van der Waals surface area contributed by atoms with E-state index >= 15 is 0 Å². The van der Waals surface area contributed by atoms with Gasteiger partial charge >= 0.3 is 0 Å². The van der Waals surface area contributed by atoms with E-state index in [4.69, 9.17) is 5.73 Å². The van der Waals surface area contributed by atoms with Crippen LogP contribution in [0.1, 0.15) is 41.7 Å². The fourth-order valence-electron chi connectivity index (χ4n) is 2.38. The molecule has 0 unspecified atom stereocenters. The zero-order valence-electron chi connectivity index (χ0n) is 10.6. The van der Waals surface area contributed by atoms with E-state index in [2.05, 4.69) is 4.98 Å². The van der Waals surface area contributed by atoms with Crippen LogP contribution in [0.15, 0.2) is 18.3 Å². The molecule has 1 aliphatic carbocycles. The van der Waals surface area contributed by atoms with Crippen molar-refractivity contribution in [2.45, 2.75) is 38.3 Å². The number of nitrogens with two attached hydrogens (primary N) is 1. The molecule has 0 saturated heterocycles. The van der Waals surface area contributed by atoms with Crippen LogP contribution in [0.3, 0.4) is 0 Å². The Balaban J connectivity index is 0.00000162. The number of amides is 1. The Morgan fingerprint density at radius 1 is 1.50 bits per heavy atom. The predicted octanol–water partition coefficient (Wildman–Crippen LogP) is 1.98. The normalized spacial score (nSPS) is 15.2. The number of aromatic nitrogens is 1. The van der Waals surface area contributed by atoms with Crippen molar-refractivity contribution in [3.63, 3.8) is 0 Å². The highest BCUT2D eigenvalue weighted by atomic mass is 35.5. The molecule has 5 heteroatoms. The molecule has 1 saturated carbocycles. The lowest BCUT2D eigenvalue weighted by Gasteiger charge is -2.24. The summed E-state index contributed by atoms with van der Waals surface area (Å²) in [6, 6.07) is 3.94. The molecule has 0 aromatic carbocycles. The predicted molar refractivity (Wildman–Crippen MR) is 73.7 cm³/mol. The third-order valence-electron chi connectivity index (χ3n) is 3.47. The van der Waals surface area contributed by atoms with Crippen molar-refractivity contribution < 1.29 is 4.79 Å². The number of rotatable bonds is 3. The SMILES string of the molecule is CN(C(=O)c1ccnc(CN)c1)C1CCCC1.Cl. The van der Waals surface area contributed by atoms with Crippen molar-refractivity contribution in [1.82, 2.24) is 9.88 Å². The first-order chi connectivity index (χ1) is 8.22. The molecule has 1 aromatic rings. The van der Waals surface area contributed by atoms with Gasteiger partial charge in [-0.3, -0.25) is 9.78 Å². The molecule has 0 radical (unpaired) electrons. The molecule has 1 aliphatic rings. The number of hydrogen-bond donors (Lipinski definition) is 1. The third-order valence-corrected chi connectivity index (χ3v) is 3.47. The van der Waals surface area contributed by atoms with Gasteiger partial charge in [-0.25, -0.2) is 0 Å². The molecule has 1 heterocycles. The van der Waals surface area contributed by atoms with E-state index in [-0.39, 0.29) is 18.3 Å². The molecule has 4 nitrogen and oxygen atoms in total. The molecule has 100 valence electrons. The van der Waals surface area contributed by atoms with Crippen LogP contribution in [0.2, 0.25) is 0 Å². The number of pyridine rings is 1. The lowest BCUT2D eigenvalue weighted by molar-refractivity contribution is 0.0735. The molecule has 0 aliphatic heterocycles. The fourth-order valence-corrected chi connectivity index (χ4v) is 2.38. The molecular weight excluding hydrogens is 250 g/mol. The zero-order valence-corrected chi connectivity index (χ0v) is 11.4. The Bertz CT molecular complexity index is 405. The van der Waals surface area contributed by atoms with Crippen LogP contribution >= 0.6 is 12.4 Å². The molecule has 0 bridgehead atoms. The van der Waals surface area contributed by atoms with Gasteiger partial charge in [0.2, 0.25) is 0 Å². The minimum Gasteiger partial charge on any atom is -0.339 e. The van der Waals surface area contributed by atoms with Crippen LogP contribution in [-0.4, -0.2) is 28.9 Å². The number of carbonyl (C=O) groups excluding carboxylic acids is 1. The highest BCUT2D eigenvalue weighted by molar-refractivity contribution is 5.94. The Morgan fingerprint density at radius 2 is 2.17 bits per heavy atom. The first kappa shape index (κ1) is 14.9. The van der Waals surface area contributed by atoms with E-state index in [0.717, 1.165) is 18.5 Å². The molecule has 2 rings (SSSR count). The molecule has 1 aromatic heterocycles. The topological polar surface area (TPSA) is 59.2 Å². The van der Waals surface area contributed by atoms with Crippen molar-refractivity contribution in [2.75, 3.05) is 7.05 Å². The van der Waals surface area contributed by atoms with E-state index in [1.807, 2.05) is 11.9 Å². The van der Waals surface area contributed by atoms with Crippen molar-refractivity contribution in [3.05, 3.63) is 29.6 Å². The van der Waals surface area contributed by atoms with Gasteiger partial charge in [0.25, 0.3) is 5.91 Å². The second kappa shape index (κ2) is 6.71. The lowest BCUT2D eigenvalue weighted by Crippen LogP contribution is -2.35. The second-order valence-corrected chi connectivity index (χ2v) is 4.59. The van der Waals surface area contributed by atoms with Crippen LogP contribution in [0.4, 0.5) is 0 Å². The van der Waals surface area contributed by atoms with Crippen molar-refractivity contribution in [1.29, 1.82) is 0 Å². The Kier molecular flexibility index (Phi) is 5.56. The first-order valence-electron chi connectivity index (χ1n) is 6.14. The minimum atomic E-state index is 0. The third kappa shape index (κ3) is 3.21. The fraction of sp³-hybridized carbons (Fsp3) is 0.538. The summed E-state index contributed by atoms with van der Waals surface area (Å²) in [4.78, 5) is 18.2. The van der Waals surface area contributed by atoms with E-state index in [9.17, 15) is 4.79 Å². The lowest BCUT2D eigenvalue weighted by atomic mass is 10.1. The van der Waals surface area contributed by atoms with Gasteiger partial charge in [0.1, 0.15) is 0 Å². The summed E-state index contributed by atoms with van der Waals surface area (Å²) in [6.45, 7) is 0.369. The van der Waals surface area contributed by atoms with Crippen LogP contribution < -0.4 is 5.73 Å². The van der Waals surface area contributed by atoms with Gasteiger partial charge in [-0.1, -0.05) is 12.8 Å². The van der Waals surface area contributed by atoms with E-state index in [1.54, 1.807) is 18.3 Å². The van der Waals surface area contributed by atoms with Gasteiger partial charge in [0.15, 0.2) is 0 Å².